The molecule has 0 atom stereocenters. The molecule has 230 valence electrons. The van der Waals surface area contributed by atoms with Crippen molar-refractivity contribution in [1.29, 1.82) is 0 Å². The summed E-state index contributed by atoms with van der Waals surface area (Å²) in [6.45, 7) is 1.62. The zero-order valence-electron chi connectivity index (χ0n) is 23.7. The number of carbonyl (C=O) groups is 2. The number of amides is 2. The minimum atomic E-state index is -4.42. The highest BCUT2D eigenvalue weighted by molar-refractivity contribution is 6.30. The van der Waals surface area contributed by atoms with E-state index in [1.165, 1.54) is 29.1 Å². The molecule has 1 aliphatic heterocycles. The number of nitrogens with zero attached hydrogens (tertiary/aromatic N) is 3. The van der Waals surface area contributed by atoms with Gasteiger partial charge in [0.25, 0.3) is 11.5 Å². The quantitative estimate of drug-likeness (QED) is 0.232. The van der Waals surface area contributed by atoms with Crippen LogP contribution >= 0.6 is 11.6 Å². The van der Waals surface area contributed by atoms with Gasteiger partial charge in [0.1, 0.15) is 12.3 Å². The van der Waals surface area contributed by atoms with Gasteiger partial charge in [-0.05, 0) is 85.3 Å². The average Bonchev–Trinajstić information content (AvgIpc) is 3.02. The van der Waals surface area contributed by atoms with Crippen LogP contribution in [0.15, 0.2) is 71.8 Å². The van der Waals surface area contributed by atoms with Gasteiger partial charge < -0.3 is 15.0 Å². The number of piperidine rings is 1. The fraction of sp³-hybridized carbons (Fsp3) is 0.312. The number of carbonyl (C=O) groups excluding carboxylic acids is 2. The largest absolute Gasteiger partial charge is 0.494 e. The predicted molar refractivity (Wildman–Crippen MR) is 161 cm³/mol. The molecule has 8 nitrogen and oxygen atoms in total. The summed E-state index contributed by atoms with van der Waals surface area (Å²) < 4.78 is 45.1. The highest BCUT2D eigenvalue weighted by Gasteiger charge is 2.30. The van der Waals surface area contributed by atoms with Crippen LogP contribution in [-0.4, -0.2) is 52.5 Å². The second-order valence-electron chi connectivity index (χ2n) is 10.5. The number of likely N-dealkylation sites (tertiary alicyclic amines) is 1. The summed E-state index contributed by atoms with van der Waals surface area (Å²) >= 11 is 6.24. The fourth-order valence-corrected chi connectivity index (χ4v) is 5.28. The van der Waals surface area contributed by atoms with E-state index in [1.807, 2.05) is 0 Å². The van der Waals surface area contributed by atoms with Gasteiger partial charge in [-0.3, -0.25) is 19.0 Å². The van der Waals surface area contributed by atoms with Crippen molar-refractivity contribution in [3.8, 4) is 16.9 Å². The molecule has 3 aromatic carbocycles. The number of fused-ring (bicyclic) bond motifs is 1. The van der Waals surface area contributed by atoms with Crippen molar-refractivity contribution in [3.05, 3.63) is 93.5 Å². The van der Waals surface area contributed by atoms with E-state index in [2.05, 4.69) is 10.3 Å². The number of hydrogen-bond acceptors (Lipinski definition) is 5. The van der Waals surface area contributed by atoms with Gasteiger partial charge in [0.05, 0.1) is 29.4 Å². The number of halogens is 4. The van der Waals surface area contributed by atoms with Crippen LogP contribution in [0.4, 0.5) is 13.2 Å². The first-order valence-electron chi connectivity index (χ1n) is 14.3. The number of ether oxygens (including phenoxy) is 1. The maximum atomic E-state index is 13.5. The van der Waals surface area contributed by atoms with Crippen LogP contribution in [0.5, 0.6) is 5.75 Å². The van der Waals surface area contributed by atoms with E-state index in [-0.39, 0.29) is 42.3 Å². The molecule has 0 spiro atoms. The molecule has 12 heteroatoms. The van der Waals surface area contributed by atoms with Crippen molar-refractivity contribution in [2.24, 2.45) is 0 Å². The molecule has 1 N–H and O–H groups in total. The van der Waals surface area contributed by atoms with Crippen molar-refractivity contribution in [2.45, 2.75) is 38.4 Å². The van der Waals surface area contributed by atoms with E-state index in [9.17, 15) is 27.6 Å². The molecule has 4 aromatic rings. The van der Waals surface area contributed by atoms with E-state index >= 15 is 0 Å². The Kier molecular flexibility index (Phi) is 9.53. The number of rotatable bonds is 9. The topological polar surface area (TPSA) is 93.5 Å². The predicted octanol–water partition coefficient (Wildman–Crippen LogP) is 5.95. The number of alkyl halides is 3. The van der Waals surface area contributed by atoms with Crippen LogP contribution in [0.3, 0.4) is 0 Å². The Bertz CT molecular complexity index is 1720. The minimum absolute atomic E-state index is 0.120. The summed E-state index contributed by atoms with van der Waals surface area (Å²) in [6.07, 6.45) is 0.257. The summed E-state index contributed by atoms with van der Waals surface area (Å²) in [7, 11) is 0. The molecule has 0 unspecified atom stereocenters. The molecule has 5 rings (SSSR count). The Morgan fingerprint density at radius 2 is 1.75 bits per heavy atom. The zero-order valence-corrected chi connectivity index (χ0v) is 24.5. The first kappa shape index (κ1) is 31.1. The average molecular weight is 627 g/mol. The molecule has 0 aliphatic carbocycles. The van der Waals surface area contributed by atoms with Crippen molar-refractivity contribution >= 4 is 34.3 Å². The smallest absolute Gasteiger partial charge is 0.416 e. The second-order valence-corrected chi connectivity index (χ2v) is 11.0. The first-order chi connectivity index (χ1) is 21.1. The van der Waals surface area contributed by atoms with Crippen molar-refractivity contribution in [1.82, 2.24) is 19.8 Å². The Hall–Kier alpha value is -4.38. The lowest BCUT2D eigenvalue weighted by Crippen LogP contribution is -2.39. The van der Waals surface area contributed by atoms with Crippen molar-refractivity contribution in [3.63, 3.8) is 0 Å². The molecule has 2 heterocycles. The van der Waals surface area contributed by atoms with Gasteiger partial charge >= 0.3 is 6.18 Å². The van der Waals surface area contributed by atoms with E-state index in [0.29, 0.717) is 41.2 Å². The molecule has 1 saturated heterocycles. The third-order valence-electron chi connectivity index (χ3n) is 7.41. The third-order valence-corrected chi connectivity index (χ3v) is 7.65. The maximum Gasteiger partial charge on any atom is 0.416 e. The molecule has 1 fully saturated rings. The third kappa shape index (κ3) is 7.39. The molecule has 1 aliphatic rings. The molecule has 0 bridgehead atoms. The Morgan fingerprint density at radius 3 is 2.45 bits per heavy atom. The van der Waals surface area contributed by atoms with Gasteiger partial charge in [0, 0.05) is 30.2 Å². The SMILES string of the molecule is O=C(NCCCOc1ccc(C(F)(F)F)cc1)c1cc2ncn(CC(=O)N3CCCCC3)c(=O)c2cc1-c1cccc(Cl)c1. The molecular formula is C32H30ClF3N4O4. The monoisotopic (exact) mass is 626 g/mol. The zero-order chi connectivity index (χ0) is 31.3. The van der Waals surface area contributed by atoms with E-state index < -0.39 is 23.2 Å². The van der Waals surface area contributed by atoms with E-state index in [4.69, 9.17) is 16.3 Å². The summed E-state index contributed by atoms with van der Waals surface area (Å²) in [6, 6.07) is 14.4. The minimum Gasteiger partial charge on any atom is -0.494 e. The van der Waals surface area contributed by atoms with Crippen LogP contribution in [0, 0.1) is 0 Å². The van der Waals surface area contributed by atoms with Gasteiger partial charge in [-0.15, -0.1) is 0 Å². The lowest BCUT2D eigenvalue weighted by atomic mass is 9.97. The Balaban J connectivity index is 1.32. The molecule has 2 amide bonds. The van der Waals surface area contributed by atoms with Crippen molar-refractivity contribution in [2.75, 3.05) is 26.2 Å². The fourth-order valence-electron chi connectivity index (χ4n) is 5.09. The summed E-state index contributed by atoms with van der Waals surface area (Å²) in [4.78, 5) is 45.8. The summed E-state index contributed by atoms with van der Waals surface area (Å²) in [5.74, 6) is -0.263. The lowest BCUT2D eigenvalue weighted by molar-refractivity contribution is -0.137. The van der Waals surface area contributed by atoms with Crippen LogP contribution in [0.1, 0.15) is 41.6 Å². The van der Waals surface area contributed by atoms with Gasteiger partial charge in [-0.1, -0.05) is 23.7 Å². The van der Waals surface area contributed by atoms with Crippen molar-refractivity contribution < 1.29 is 27.5 Å². The molecule has 0 radical (unpaired) electrons. The number of hydrogen-bond donors (Lipinski definition) is 1. The van der Waals surface area contributed by atoms with Gasteiger partial charge in [0.2, 0.25) is 5.91 Å². The van der Waals surface area contributed by atoms with Gasteiger partial charge in [-0.2, -0.15) is 13.2 Å². The van der Waals surface area contributed by atoms with Crippen LogP contribution in [-0.2, 0) is 17.5 Å². The Labute approximate surface area is 256 Å². The number of benzene rings is 3. The summed E-state index contributed by atoms with van der Waals surface area (Å²) in [5, 5.41) is 3.54. The van der Waals surface area contributed by atoms with Crippen LogP contribution in [0.2, 0.25) is 5.02 Å². The van der Waals surface area contributed by atoms with Crippen LogP contribution < -0.4 is 15.6 Å². The van der Waals surface area contributed by atoms with Gasteiger partial charge in [-0.25, -0.2) is 4.98 Å². The maximum absolute atomic E-state index is 13.5. The highest BCUT2D eigenvalue weighted by Crippen LogP contribution is 2.31. The normalized spacial score (nSPS) is 13.6. The van der Waals surface area contributed by atoms with Crippen LogP contribution in [0.25, 0.3) is 22.0 Å². The highest BCUT2D eigenvalue weighted by atomic mass is 35.5. The molecule has 44 heavy (non-hydrogen) atoms. The standard InChI is InChI=1S/C32H30ClF3N4O4/c33-23-7-4-6-21(16-23)25-17-27-28(38-20-40(31(27)43)19-29(41)39-13-2-1-3-14-39)18-26(25)30(42)37-12-5-15-44-24-10-8-22(9-11-24)32(34,35)36/h4,6-11,16-18,20H,1-3,5,12-15,19H2,(H,37,42). The summed E-state index contributed by atoms with van der Waals surface area (Å²) in [5.41, 5.74) is 0.515. The van der Waals surface area contributed by atoms with E-state index in [0.717, 1.165) is 31.4 Å². The molecular weight excluding hydrogens is 597 g/mol. The number of aromatic nitrogens is 2. The lowest BCUT2D eigenvalue weighted by Gasteiger charge is -2.26. The molecule has 0 saturated carbocycles. The first-order valence-corrected chi connectivity index (χ1v) is 14.6. The van der Waals surface area contributed by atoms with E-state index in [1.54, 1.807) is 35.2 Å². The second kappa shape index (κ2) is 13.5. The number of nitrogens with one attached hydrogen (secondary N) is 1. The van der Waals surface area contributed by atoms with Gasteiger partial charge in [0.15, 0.2) is 0 Å². The Morgan fingerprint density at radius 1 is 1.00 bits per heavy atom. The molecule has 1 aromatic heterocycles.